The van der Waals surface area contributed by atoms with Crippen molar-refractivity contribution in [3.05, 3.63) is 27.9 Å². The number of amides is 1. The molecule has 0 unspecified atom stereocenters. The van der Waals surface area contributed by atoms with Gasteiger partial charge in [-0.25, -0.2) is 4.98 Å². The lowest BCUT2D eigenvalue weighted by atomic mass is 9.96. The number of aromatic nitrogens is 4. The summed E-state index contributed by atoms with van der Waals surface area (Å²) >= 11 is 0. The first-order chi connectivity index (χ1) is 13.1. The predicted molar refractivity (Wildman–Crippen MR) is 98.3 cm³/mol. The van der Waals surface area contributed by atoms with E-state index in [0.717, 1.165) is 44.5 Å². The standard InChI is InChI=1S/C18H26N6O3/c1-12-20-18-21-14(9-16(25)24(18)22-12)11-23-6-4-13(5-7-23)10-19-17(26)15-3-2-8-27-15/h9,13,15H,2-8,10-11H2,1H3,(H,19,26)(H,20,21,22)/t15-/m1/s1. The second kappa shape index (κ2) is 7.77. The zero-order chi connectivity index (χ0) is 18.8. The van der Waals surface area contributed by atoms with Gasteiger partial charge in [0.25, 0.3) is 11.3 Å². The van der Waals surface area contributed by atoms with E-state index in [1.807, 2.05) is 0 Å². The second-order valence-corrected chi connectivity index (χ2v) is 7.50. The molecule has 0 spiro atoms. The summed E-state index contributed by atoms with van der Waals surface area (Å²) in [5, 5.41) is 5.92. The SMILES string of the molecule is Cc1nc2nc(CN3CCC(CNC(=O)[C@H]4CCCO4)CC3)cc(=O)n2[nH]1. The van der Waals surface area contributed by atoms with Gasteiger partial charge in [0.2, 0.25) is 5.91 Å². The molecule has 0 aromatic carbocycles. The normalized spacial score (nSPS) is 21.7. The van der Waals surface area contributed by atoms with Crippen molar-refractivity contribution in [2.24, 2.45) is 5.92 Å². The van der Waals surface area contributed by atoms with Gasteiger partial charge in [0.15, 0.2) is 0 Å². The Morgan fingerprint density at radius 1 is 1.33 bits per heavy atom. The number of aryl methyl sites for hydroxylation is 1. The third-order valence-corrected chi connectivity index (χ3v) is 5.38. The van der Waals surface area contributed by atoms with Crippen LogP contribution in [0.5, 0.6) is 0 Å². The lowest BCUT2D eigenvalue weighted by molar-refractivity contribution is -0.130. The zero-order valence-corrected chi connectivity index (χ0v) is 15.6. The van der Waals surface area contributed by atoms with Gasteiger partial charge in [0, 0.05) is 25.8 Å². The van der Waals surface area contributed by atoms with Crippen LogP contribution in [0.1, 0.15) is 37.2 Å². The minimum absolute atomic E-state index is 0.0298. The fourth-order valence-corrected chi connectivity index (χ4v) is 3.84. The molecule has 1 atom stereocenters. The number of piperidine rings is 1. The van der Waals surface area contributed by atoms with Gasteiger partial charge in [-0.1, -0.05) is 0 Å². The molecule has 0 bridgehead atoms. The van der Waals surface area contributed by atoms with Gasteiger partial charge < -0.3 is 10.1 Å². The van der Waals surface area contributed by atoms with Gasteiger partial charge >= 0.3 is 0 Å². The Balaban J connectivity index is 1.27. The fraction of sp³-hybridized carbons (Fsp3) is 0.667. The summed E-state index contributed by atoms with van der Waals surface area (Å²) in [4.78, 5) is 35.2. The number of hydrogen-bond donors (Lipinski definition) is 2. The van der Waals surface area contributed by atoms with Crippen LogP contribution < -0.4 is 10.9 Å². The van der Waals surface area contributed by atoms with E-state index in [9.17, 15) is 9.59 Å². The van der Waals surface area contributed by atoms with Crippen molar-refractivity contribution in [3.8, 4) is 0 Å². The first kappa shape index (κ1) is 18.1. The molecule has 4 heterocycles. The molecule has 0 aliphatic carbocycles. The number of carbonyl (C=O) groups is 1. The minimum Gasteiger partial charge on any atom is -0.368 e. The summed E-state index contributed by atoms with van der Waals surface area (Å²) in [5.41, 5.74) is 0.610. The Labute approximate surface area is 157 Å². The van der Waals surface area contributed by atoms with Gasteiger partial charge in [-0.15, -0.1) is 0 Å². The highest BCUT2D eigenvalue weighted by Crippen LogP contribution is 2.18. The highest BCUT2D eigenvalue weighted by Gasteiger charge is 2.25. The molecule has 1 amide bonds. The number of H-pyrrole nitrogens is 1. The molecule has 27 heavy (non-hydrogen) atoms. The van der Waals surface area contributed by atoms with Crippen molar-refractivity contribution in [1.29, 1.82) is 0 Å². The Kier molecular flexibility index (Phi) is 5.22. The third-order valence-electron chi connectivity index (χ3n) is 5.38. The summed E-state index contributed by atoms with van der Waals surface area (Å²) in [6, 6.07) is 1.57. The summed E-state index contributed by atoms with van der Waals surface area (Å²) in [6.45, 7) is 5.72. The van der Waals surface area contributed by atoms with Crippen molar-refractivity contribution in [2.45, 2.75) is 45.3 Å². The van der Waals surface area contributed by atoms with Crippen LogP contribution in [0.15, 0.2) is 10.9 Å². The molecule has 2 aromatic rings. The lowest BCUT2D eigenvalue weighted by Gasteiger charge is -2.31. The number of ether oxygens (including phenoxy) is 1. The van der Waals surface area contributed by atoms with E-state index in [1.54, 1.807) is 13.0 Å². The molecule has 9 nitrogen and oxygen atoms in total. The van der Waals surface area contributed by atoms with E-state index in [1.165, 1.54) is 4.52 Å². The van der Waals surface area contributed by atoms with E-state index >= 15 is 0 Å². The molecule has 0 saturated carbocycles. The quantitative estimate of drug-likeness (QED) is 0.777. The number of rotatable bonds is 5. The Bertz CT molecular complexity index is 862. The van der Waals surface area contributed by atoms with Crippen molar-refractivity contribution >= 4 is 11.7 Å². The highest BCUT2D eigenvalue weighted by molar-refractivity contribution is 5.80. The van der Waals surface area contributed by atoms with E-state index in [-0.39, 0.29) is 17.6 Å². The Morgan fingerprint density at radius 3 is 2.89 bits per heavy atom. The molecule has 2 fully saturated rings. The number of carbonyl (C=O) groups excluding carboxylic acids is 1. The van der Waals surface area contributed by atoms with Gasteiger partial charge in [0.05, 0.1) is 5.69 Å². The van der Waals surface area contributed by atoms with Crippen molar-refractivity contribution in [2.75, 3.05) is 26.2 Å². The van der Waals surface area contributed by atoms with Gasteiger partial charge in [0.1, 0.15) is 11.9 Å². The minimum atomic E-state index is -0.254. The molecule has 2 aromatic heterocycles. The predicted octanol–water partition coefficient (Wildman–Crippen LogP) is 0.233. The van der Waals surface area contributed by atoms with Gasteiger partial charge in [-0.05, 0) is 51.6 Å². The molecule has 2 saturated heterocycles. The highest BCUT2D eigenvalue weighted by atomic mass is 16.5. The number of nitrogens with one attached hydrogen (secondary N) is 2. The van der Waals surface area contributed by atoms with Crippen molar-refractivity contribution in [3.63, 3.8) is 0 Å². The van der Waals surface area contributed by atoms with Crippen LogP contribution in [0.3, 0.4) is 0 Å². The molecule has 9 heteroatoms. The molecule has 2 N–H and O–H groups in total. The smallest absolute Gasteiger partial charge is 0.274 e. The topological polar surface area (TPSA) is 105 Å². The maximum absolute atomic E-state index is 12.1. The Morgan fingerprint density at radius 2 is 2.15 bits per heavy atom. The van der Waals surface area contributed by atoms with Crippen LogP contribution in [0.4, 0.5) is 0 Å². The van der Waals surface area contributed by atoms with E-state index < -0.39 is 0 Å². The van der Waals surface area contributed by atoms with Crippen LogP contribution in [-0.2, 0) is 16.1 Å². The summed E-state index contributed by atoms with van der Waals surface area (Å²) in [7, 11) is 0. The summed E-state index contributed by atoms with van der Waals surface area (Å²) < 4.78 is 6.78. The van der Waals surface area contributed by atoms with E-state index in [2.05, 4.69) is 25.3 Å². The number of nitrogens with zero attached hydrogens (tertiary/aromatic N) is 4. The first-order valence-electron chi connectivity index (χ1n) is 9.65. The zero-order valence-electron chi connectivity index (χ0n) is 15.6. The Hall–Kier alpha value is -2.26. The molecule has 146 valence electrons. The average molecular weight is 374 g/mol. The largest absolute Gasteiger partial charge is 0.368 e. The molecular formula is C18H26N6O3. The van der Waals surface area contributed by atoms with Crippen molar-refractivity contribution in [1.82, 2.24) is 29.8 Å². The summed E-state index contributed by atoms with van der Waals surface area (Å²) in [6.07, 6.45) is 3.59. The number of hydrogen-bond acceptors (Lipinski definition) is 6. The van der Waals surface area contributed by atoms with Crippen LogP contribution in [0.25, 0.3) is 5.78 Å². The van der Waals surface area contributed by atoms with E-state index in [4.69, 9.17) is 4.74 Å². The molecule has 2 aliphatic rings. The maximum Gasteiger partial charge on any atom is 0.274 e. The first-order valence-corrected chi connectivity index (χ1v) is 9.65. The molecule has 2 aliphatic heterocycles. The van der Waals surface area contributed by atoms with Crippen molar-refractivity contribution < 1.29 is 9.53 Å². The fourth-order valence-electron chi connectivity index (χ4n) is 3.84. The van der Waals surface area contributed by atoms with Crippen LogP contribution in [0.2, 0.25) is 0 Å². The van der Waals surface area contributed by atoms with E-state index in [0.29, 0.717) is 37.2 Å². The molecular weight excluding hydrogens is 348 g/mol. The monoisotopic (exact) mass is 374 g/mol. The van der Waals surface area contributed by atoms with Gasteiger partial charge in [-0.2, -0.15) is 9.50 Å². The second-order valence-electron chi connectivity index (χ2n) is 7.50. The van der Waals surface area contributed by atoms with Crippen LogP contribution in [-0.4, -0.2) is 62.7 Å². The maximum atomic E-state index is 12.1. The van der Waals surface area contributed by atoms with Crippen LogP contribution in [0, 0.1) is 12.8 Å². The van der Waals surface area contributed by atoms with Gasteiger partial charge in [-0.3, -0.25) is 19.6 Å². The molecule has 4 rings (SSSR count). The molecule has 0 radical (unpaired) electrons. The number of aromatic amines is 1. The number of fused-ring (bicyclic) bond motifs is 1. The van der Waals surface area contributed by atoms with Crippen LogP contribution >= 0.6 is 0 Å². The third kappa shape index (κ3) is 4.19. The average Bonchev–Trinajstić information content (AvgIpc) is 3.30. The summed E-state index contributed by atoms with van der Waals surface area (Å²) in [5.74, 6) is 1.60. The lowest BCUT2D eigenvalue weighted by Crippen LogP contribution is -2.41. The number of likely N-dealkylation sites (tertiary alicyclic amines) is 1.